The lowest BCUT2D eigenvalue weighted by Crippen LogP contribution is -2.26. The molecule has 3 rings (SSSR count). The maximum atomic E-state index is 13.4. The molecule has 1 amide bonds. The van der Waals surface area contributed by atoms with Crippen LogP contribution in [0.5, 0.6) is 0 Å². The predicted octanol–water partition coefficient (Wildman–Crippen LogP) is 5.23. The van der Waals surface area contributed by atoms with Crippen molar-refractivity contribution in [3.63, 3.8) is 0 Å². The molecule has 0 saturated heterocycles. The first-order valence-corrected chi connectivity index (χ1v) is 13.6. The molecule has 2 heterocycles. The number of hydrogen-bond acceptors (Lipinski definition) is 10. The highest BCUT2D eigenvalue weighted by Crippen LogP contribution is 2.44. The average Bonchev–Trinajstić information content (AvgIpc) is 3.28. The number of carbonyl (C=O) groups excluding carboxylic acids is 4. The Balaban J connectivity index is 1.98. The van der Waals surface area contributed by atoms with Crippen LogP contribution in [0.1, 0.15) is 80.5 Å². The highest BCUT2D eigenvalue weighted by Gasteiger charge is 2.36. The number of Topliss-reactive ketones (excluding diaryl/α,β-unsaturated/α-hetero) is 1. The first-order valence-electron chi connectivity index (χ1n) is 11.0. The van der Waals surface area contributed by atoms with Crippen LogP contribution >= 0.6 is 34.4 Å². The molecule has 2 aromatic rings. The minimum atomic E-state index is -0.552. The van der Waals surface area contributed by atoms with E-state index in [1.54, 1.807) is 20.8 Å². The Bertz CT molecular complexity index is 1230. The predicted molar refractivity (Wildman–Crippen MR) is 136 cm³/mol. The van der Waals surface area contributed by atoms with E-state index in [1.807, 2.05) is 13.8 Å². The van der Waals surface area contributed by atoms with Gasteiger partial charge in [0.25, 0.3) is 5.91 Å². The van der Waals surface area contributed by atoms with E-state index in [1.165, 1.54) is 0 Å². The van der Waals surface area contributed by atoms with Gasteiger partial charge in [0.15, 0.2) is 5.78 Å². The van der Waals surface area contributed by atoms with Crippen molar-refractivity contribution in [1.29, 1.82) is 5.26 Å². The molecule has 35 heavy (non-hydrogen) atoms. The van der Waals surface area contributed by atoms with Crippen LogP contribution in [0, 0.1) is 23.7 Å². The van der Waals surface area contributed by atoms with Crippen LogP contribution in [-0.2, 0) is 20.7 Å². The average molecular weight is 535 g/mol. The molecule has 1 aliphatic carbocycles. The molecule has 0 fully saturated rings. The number of carbonyl (C=O) groups is 4. The Hall–Kier alpha value is -2.68. The quantitative estimate of drug-likeness (QED) is 0.361. The number of anilines is 1. The van der Waals surface area contributed by atoms with Gasteiger partial charge in [-0.25, -0.2) is 4.79 Å². The molecule has 0 aliphatic heterocycles. The molecule has 8 nitrogen and oxygen atoms in total. The summed E-state index contributed by atoms with van der Waals surface area (Å²) in [4.78, 5) is 51.2. The molecule has 2 aromatic heterocycles. The number of nitrogens with zero attached hydrogens (tertiary/aromatic N) is 1. The van der Waals surface area contributed by atoms with Crippen molar-refractivity contribution in [3.05, 3.63) is 32.0 Å². The fraction of sp³-hybridized carbons (Fsp3) is 0.458. The highest BCUT2D eigenvalue weighted by atomic mass is 32.2. The van der Waals surface area contributed by atoms with E-state index in [9.17, 15) is 24.4 Å². The molecule has 0 spiro atoms. The van der Waals surface area contributed by atoms with Crippen LogP contribution in [-0.4, -0.2) is 42.6 Å². The van der Waals surface area contributed by atoms with Gasteiger partial charge >= 0.3 is 11.9 Å². The zero-order chi connectivity index (χ0) is 25.9. The van der Waals surface area contributed by atoms with Gasteiger partial charge in [-0.2, -0.15) is 5.26 Å². The Morgan fingerprint density at radius 3 is 2.46 bits per heavy atom. The summed E-state index contributed by atoms with van der Waals surface area (Å²) in [6, 6.07) is 2.15. The summed E-state index contributed by atoms with van der Waals surface area (Å²) in [5.41, 5.74) is 1.34. The number of amides is 1. The van der Waals surface area contributed by atoms with Crippen molar-refractivity contribution in [1.82, 2.24) is 0 Å². The summed E-state index contributed by atoms with van der Waals surface area (Å²) in [6.07, 6.45) is 0.939. The van der Waals surface area contributed by atoms with Crippen molar-refractivity contribution in [2.45, 2.75) is 51.7 Å². The van der Waals surface area contributed by atoms with Crippen molar-refractivity contribution in [2.24, 2.45) is 5.41 Å². The standard InChI is InChI=1S/C24H26N2O6S3/c1-6-31-16(28)11-33-23-17(12(3)18(35-23)22(30)32-7-2)20(29)26-21-14(10-25)13-8-24(4,5)9-15(27)19(13)34-21/h6-9,11H2,1-5H3,(H,26,29). The molecule has 0 unspecified atom stereocenters. The van der Waals surface area contributed by atoms with Gasteiger partial charge in [-0.1, -0.05) is 13.8 Å². The van der Waals surface area contributed by atoms with E-state index in [-0.39, 0.29) is 40.6 Å². The summed E-state index contributed by atoms with van der Waals surface area (Å²) in [5.74, 6) is -1.59. The second-order valence-electron chi connectivity index (χ2n) is 8.65. The largest absolute Gasteiger partial charge is 0.465 e. The molecule has 0 atom stereocenters. The zero-order valence-corrected chi connectivity index (χ0v) is 22.6. The Kier molecular flexibility index (Phi) is 8.41. The lowest BCUT2D eigenvalue weighted by atomic mass is 9.75. The number of thiophene rings is 2. The lowest BCUT2D eigenvalue weighted by molar-refractivity contribution is -0.139. The van der Waals surface area contributed by atoms with E-state index in [0.717, 1.165) is 34.4 Å². The molecule has 0 bridgehead atoms. The van der Waals surface area contributed by atoms with E-state index in [4.69, 9.17) is 9.47 Å². The molecule has 0 aromatic carbocycles. The lowest BCUT2D eigenvalue weighted by Gasteiger charge is -2.28. The van der Waals surface area contributed by atoms with Crippen molar-refractivity contribution in [3.8, 4) is 6.07 Å². The fourth-order valence-electron chi connectivity index (χ4n) is 3.86. The van der Waals surface area contributed by atoms with Gasteiger partial charge in [0.2, 0.25) is 0 Å². The summed E-state index contributed by atoms with van der Waals surface area (Å²) in [7, 11) is 0. The number of fused-ring (bicyclic) bond motifs is 1. The Morgan fingerprint density at radius 2 is 1.83 bits per heavy atom. The van der Waals surface area contributed by atoms with Gasteiger partial charge in [-0.15, -0.1) is 34.4 Å². The van der Waals surface area contributed by atoms with Crippen molar-refractivity contribution < 1.29 is 28.7 Å². The number of thioether (sulfide) groups is 1. The van der Waals surface area contributed by atoms with E-state index >= 15 is 0 Å². The number of ether oxygens (including phenoxy) is 2. The summed E-state index contributed by atoms with van der Waals surface area (Å²) >= 11 is 3.28. The highest BCUT2D eigenvalue weighted by molar-refractivity contribution is 8.01. The minimum absolute atomic E-state index is 0.0311. The van der Waals surface area contributed by atoms with Crippen molar-refractivity contribution in [2.75, 3.05) is 24.3 Å². The number of ketones is 1. The molecule has 0 saturated carbocycles. The number of rotatable bonds is 8. The molecular weight excluding hydrogens is 508 g/mol. The topological polar surface area (TPSA) is 123 Å². The van der Waals surface area contributed by atoms with Crippen LogP contribution < -0.4 is 5.32 Å². The van der Waals surface area contributed by atoms with Gasteiger partial charge < -0.3 is 14.8 Å². The van der Waals surface area contributed by atoms with Crippen LogP contribution in [0.4, 0.5) is 5.00 Å². The second-order valence-corrected chi connectivity index (χ2v) is 11.9. The zero-order valence-electron chi connectivity index (χ0n) is 20.2. The first-order chi connectivity index (χ1) is 16.5. The third-order valence-corrected chi connectivity index (χ3v) is 9.03. The summed E-state index contributed by atoms with van der Waals surface area (Å²) in [5, 5.41) is 12.9. The maximum Gasteiger partial charge on any atom is 0.348 e. The van der Waals surface area contributed by atoms with Gasteiger partial charge in [0, 0.05) is 6.42 Å². The Labute approximate surface area is 216 Å². The number of nitrogens with one attached hydrogen (secondary N) is 1. The van der Waals surface area contributed by atoms with Crippen LogP contribution in [0.3, 0.4) is 0 Å². The maximum absolute atomic E-state index is 13.4. The molecule has 1 aliphatic rings. The van der Waals surface area contributed by atoms with Gasteiger partial charge in [-0.3, -0.25) is 14.4 Å². The summed E-state index contributed by atoms with van der Waals surface area (Å²) in [6.45, 7) is 9.40. The van der Waals surface area contributed by atoms with E-state index < -0.39 is 17.8 Å². The van der Waals surface area contributed by atoms with Crippen LogP contribution in [0.15, 0.2) is 4.21 Å². The van der Waals surface area contributed by atoms with Gasteiger partial charge in [0.1, 0.15) is 15.9 Å². The fourth-order valence-corrected chi connectivity index (χ4v) is 7.27. The third kappa shape index (κ3) is 5.77. The van der Waals surface area contributed by atoms with Gasteiger partial charge in [0.05, 0.1) is 39.2 Å². The van der Waals surface area contributed by atoms with Crippen molar-refractivity contribution >= 4 is 63.1 Å². The molecule has 186 valence electrons. The first kappa shape index (κ1) is 26.9. The van der Waals surface area contributed by atoms with E-state index in [2.05, 4.69) is 11.4 Å². The van der Waals surface area contributed by atoms with Crippen LogP contribution in [0.2, 0.25) is 0 Å². The minimum Gasteiger partial charge on any atom is -0.465 e. The smallest absolute Gasteiger partial charge is 0.348 e. The van der Waals surface area contributed by atoms with Gasteiger partial charge in [-0.05, 0) is 43.7 Å². The molecule has 0 radical (unpaired) electrons. The van der Waals surface area contributed by atoms with E-state index in [0.29, 0.717) is 43.6 Å². The number of esters is 2. The SMILES string of the molecule is CCOC(=O)CSc1sc(C(=O)OCC)c(C)c1C(=O)Nc1sc2c(c1C#N)CC(C)(C)CC2=O. The van der Waals surface area contributed by atoms with Crippen LogP contribution in [0.25, 0.3) is 0 Å². The normalized spacial score (nSPS) is 14.1. The summed E-state index contributed by atoms with van der Waals surface area (Å²) < 4.78 is 10.6. The second kappa shape index (κ2) is 10.9. The Morgan fingerprint density at radius 1 is 1.14 bits per heavy atom. The monoisotopic (exact) mass is 534 g/mol. The molecular formula is C24H26N2O6S3. The third-order valence-electron chi connectivity index (χ3n) is 5.32. The number of nitriles is 1. The molecule has 1 N–H and O–H groups in total. The number of hydrogen-bond donors (Lipinski definition) is 1. The molecule has 11 heteroatoms.